The summed E-state index contributed by atoms with van der Waals surface area (Å²) in [6, 6.07) is 0.743. The van der Waals surface area contributed by atoms with Crippen LogP contribution in [0.1, 0.15) is 298 Å². The van der Waals surface area contributed by atoms with Gasteiger partial charge in [-0.25, -0.2) is 0 Å². The molecule has 5 aliphatic heterocycles. The number of nitrogens with one attached hydrogen (secondary N) is 13. The molecule has 1 aromatic carbocycles. The summed E-state index contributed by atoms with van der Waals surface area (Å²) in [5.74, 6) is -4.04. The predicted octanol–water partition coefficient (Wildman–Crippen LogP) is 7.30. The highest BCUT2D eigenvalue weighted by atomic mass is 16.7. The minimum atomic E-state index is -1.02. The molecule has 0 aromatic heterocycles. The van der Waals surface area contributed by atoms with E-state index in [-0.39, 0.29) is 270 Å². The normalized spacial score (nSPS) is 25.5. The first-order chi connectivity index (χ1) is 66.0. The molecular weight excluding hydrogens is 1780 g/mol. The molecule has 4 saturated heterocycles. The van der Waals surface area contributed by atoms with Crippen molar-refractivity contribution in [2.75, 3.05) is 85.4 Å². The molecule has 21 unspecified atom stereocenters. The predicted molar refractivity (Wildman–Crippen MR) is 516 cm³/mol. The second-order valence-electron chi connectivity index (χ2n) is 37.8. The van der Waals surface area contributed by atoms with Crippen molar-refractivity contribution in [3.63, 3.8) is 0 Å². The lowest BCUT2D eigenvalue weighted by Gasteiger charge is -2.44. The van der Waals surface area contributed by atoms with Crippen molar-refractivity contribution in [1.29, 1.82) is 0 Å². The van der Waals surface area contributed by atoms with Crippen molar-refractivity contribution in [3.8, 4) is 5.75 Å². The molecule has 1 aromatic rings. The molecule has 138 heavy (non-hydrogen) atoms. The Morgan fingerprint density at radius 2 is 0.623 bits per heavy atom. The molecule has 0 radical (unpaired) electrons. The number of rotatable bonds is 64. The van der Waals surface area contributed by atoms with E-state index in [2.05, 4.69) is 138 Å². The van der Waals surface area contributed by atoms with Crippen molar-refractivity contribution in [1.82, 2.24) is 74.0 Å². The molecule has 6 rings (SSSR count). The van der Waals surface area contributed by atoms with Crippen LogP contribution in [0.3, 0.4) is 0 Å². The van der Waals surface area contributed by atoms with Crippen LogP contribution in [0.4, 0.5) is 0 Å². The fourth-order valence-electron chi connectivity index (χ4n) is 18.3. The summed E-state index contributed by atoms with van der Waals surface area (Å²) in [5, 5.41) is 37.7. The molecule has 780 valence electrons. The van der Waals surface area contributed by atoms with Gasteiger partial charge >= 0.3 is 0 Å². The summed E-state index contributed by atoms with van der Waals surface area (Å²) in [6.45, 7) is 32.2. The zero-order valence-corrected chi connectivity index (χ0v) is 84.9. The third kappa shape index (κ3) is 41.1. The Bertz CT molecular complexity index is 3820. The third-order valence-electron chi connectivity index (χ3n) is 27.3. The SMILES string of the molecule is CCC1OC(OCCCCC(=O)NCCCCC(NC(=O)CCCCOC2OC(CC)C(C)C(C)C2NC(C)=O)C(=O)NCCNC(=O)c2cc(OCCNC(=O)CCCCCN3C(=O)C=CC3=O)cc(C(=O)NCCNC(=O)[C@H](CCCCNC(=O)CCCCOC3OC(CC)C(C)C(C)C3NC(C)=O)NC(=O)CCCCOC3OC(CC)C(C)C(C)C3NC(C)=O)c2)C(NC(C)=O)C(C)C1C. The smallest absolute Gasteiger partial charge is 0.253 e. The molecule has 0 bridgehead atoms. The average molecular weight is 1950 g/mol. The van der Waals surface area contributed by atoms with Gasteiger partial charge in [0.1, 0.15) is 24.4 Å². The van der Waals surface area contributed by atoms with Gasteiger partial charge in [0, 0.05) is 155 Å². The van der Waals surface area contributed by atoms with Gasteiger partial charge in [-0.05, 0) is 194 Å². The highest BCUT2D eigenvalue weighted by Crippen LogP contribution is 2.38. The van der Waals surface area contributed by atoms with Crippen LogP contribution in [0, 0.1) is 47.3 Å². The minimum absolute atomic E-state index is 0.0188. The first-order valence-electron chi connectivity index (χ1n) is 51.0. The summed E-state index contributed by atoms with van der Waals surface area (Å²) < 4.78 is 55.9. The summed E-state index contributed by atoms with van der Waals surface area (Å²) >= 11 is 0. The number of hydrogen-bond donors (Lipinski definition) is 13. The standard InChI is InChI=1S/C100H166N14O24/c1-17-78-61(5)65(9)89(108-69(13)115)97(135-78)131-53-32-25-39-82(119)101-45-29-23-36-76(112-85(122)41-27-34-55-133-99-91(110-71(15)117)67(11)63(7)80(19-3)137-99)95(128)106-49-47-104-93(126)73-58-74(60-75(59-73)130-57-51-103-84(121)38-22-21-31-52-114-87(124)43-44-88(114)125)94(127)105-48-50-107-96(129)77(113-86(123)42-28-35-56-134-100-92(111-72(16)118)68(12)64(8)81(20-4)138-100)37-24-30-46-102-83(120)40-26-33-54-132-98-90(109-70(14)116)66(10)62(6)79(18-2)136-98/h43-44,58-68,76-81,89-92,97-100H,17-42,45-57H2,1-16H3,(H,101,119)(H,102,120)(H,103,121)(H,104,126)(H,105,127)(H,106,128)(H,107,129)(H,108,115)(H,109,116)(H,110,117)(H,111,118)(H,112,122)(H,113,123)/t61?,62?,63?,64?,65?,66?,67?,68?,76-,77?,78?,79?,80?,81?,89?,90?,91?,92?,97?,98?,99?,100?/m0/s1. The van der Waals surface area contributed by atoms with E-state index in [4.69, 9.17) is 42.6 Å². The molecule has 5 aliphatic rings. The fourth-order valence-corrected chi connectivity index (χ4v) is 18.3. The van der Waals surface area contributed by atoms with Gasteiger partial charge in [0.15, 0.2) is 25.2 Å². The number of nitrogens with zero attached hydrogens (tertiary/aromatic N) is 1. The van der Waals surface area contributed by atoms with Crippen LogP contribution in [0.2, 0.25) is 0 Å². The molecular formula is C100H166N14O24. The highest BCUT2D eigenvalue weighted by Gasteiger charge is 2.46. The molecule has 0 aliphatic carbocycles. The molecule has 22 atom stereocenters. The number of unbranched alkanes of at least 4 members (excludes halogenated alkanes) is 8. The Balaban J connectivity index is 1.07. The summed E-state index contributed by atoms with van der Waals surface area (Å²) in [4.78, 5) is 197. The van der Waals surface area contributed by atoms with E-state index in [9.17, 15) is 71.9 Å². The molecule has 38 heteroatoms. The second kappa shape index (κ2) is 63.5. The molecule has 5 heterocycles. The summed E-state index contributed by atoms with van der Waals surface area (Å²) in [5.41, 5.74) is -0.0451. The first-order valence-corrected chi connectivity index (χ1v) is 51.0. The summed E-state index contributed by atoms with van der Waals surface area (Å²) in [6.07, 6.45) is 11.2. The van der Waals surface area contributed by atoms with Gasteiger partial charge in [0.05, 0.1) is 55.1 Å². The van der Waals surface area contributed by atoms with Gasteiger partial charge in [-0.3, -0.25) is 76.8 Å². The van der Waals surface area contributed by atoms with Crippen LogP contribution in [0.5, 0.6) is 5.75 Å². The lowest BCUT2D eigenvalue weighted by atomic mass is 9.81. The first kappa shape index (κ1) is 117. The maximum absolute atomic E-state index is 14.2. The number of hydrogen-bond acceptors (Lipinski definition) is 24. The Hall–Kier alpha value is -9.31. The topological polar surface area (TPSA) is 499 Å². The Morgan fingerprint density at radius 3 is 0.935 bits per heavy atom. The maximum atomic E-state index is 14.2. The van der Waals surface area contributed by atoms with Gasteiger partial charge < -0.3 is 112 Å². The lowest BCUT2D eigenvalue weighted by Crippen LogP contribution is -2.57. The zero-order valence-electron chi connectivity index (χ0n) is 84.9. The van der Waals surface area contributed by atoms with E-state index in [1.54, 1.807) is 0 Å². The van der Waals surface area contributed by atoms with Crippen molar-refractivity contribution < 1.29 is 115 Å². The summed E-state index contributed by atoms with van der Waals surface area (Å²) in [7, 11) is 0. The van der Waals surface area contributed by atoms with Crippen molar-refractivity contribution in [2.24, 2.45) is 47.3 Å². The number of benzene rings is 1. The second-order valence-corrected chi connectivity index (χ2v) is 37.8. The van der Waals surface area contributed by atoms with Gasteiger partial charge in [-0.1, -0.05) is 89.5 Å². The van der Waals surface area contributed by atoms with E-state index in [1.807, 2.05) is 13.8 Å². The molecule has 38 nitrogen and oxygen atoms in total. The highest BCUT2D eigenvalue weighted by molar-refractivity contribution is 6.13. The lowest BCUT2D eigenvalue weighted by molar-refractivity contribution is -0.236. The van der Waals surface area contributed by atoms with Crippen molar-refractivity contribution >= 4 is 88.6 Å². The number of imide groups is 1. The molecule has 0 spiro atoms. The van der Waals surface area contributed by atoms with Gasteiger partial charge in [-0.15, -0.1) is 0 Å². The minimum Gasteiger partial charge on any atom is -0.492 e. The maximum Gasteiger partial charge on any atom is 0.253 e. The van der Waals surface area contributed by atoms with Crippen LogP contribution in [0.25, 0.3) is 0 Å². The quantitative estimate of drug-likeness (QED) is 0.0225. The van der Waals surface area contributed by atoms with Crippen molar-refractivity contribution in [3.05, 3.63) is 41.5 Å². The van der Waals surface area contributed by atoms with E-state index in [0.29, 0.717) is 123 Å². The molecule has 15 amide bonds. The van der Waals surface area contributed by atoms with Gasteiger partial charge in [0.25, 0.3) is 23.6 Å². The van der Waals surface area contributed by atoms with E-state index < -0.39 is 72.7 Å². The average Bonchev–Trinajstić information content (AvgIpc) is 1.47. The Labute approximate surface area is 816 Å². The number of carbonyl (C=O) groups excluding carboxylic acids is 15. The van der Waals surface area contributed by atoms with Gasteiger partial charge in [0.2, 0.25) is 65.0 Å². The van der Waals surface area contributed by atoms with Crippen LogP contribution < -0.4 is 73.9 Å². The third-order valence-corrected chi connectivity index (χ3v) is 27.3. The van der Waals surface area contributed by atoms with Crippen LogP contribution in [0.15, 0.2) is 30.4 Å². The number of ether oxygens (including phenoxy) is 9. The van der Waals surface area contributed by atoms with E-state index in [1.165, 1.54) is 58.0 Å². The number of amides is 15. The fraction of sp³-hybridized carbons (Fsp3) is 0.770. The largest absolute Gasteiger partial charge is 0.492 e. The van der Waals surface area contributed by atoms with Crippen LogP contribution in [-0.2, 0) is 100 Å². The molecule has 13 N–H and O–H groups in total. The zero-order chi connectivity index (χ0) is 101. The Morgan fingerprint density at radius 1 is 0.326 bits per heavy atom. The van der Waals surface area contributed by atoms with Crippen LogP contribution in [-0.4, -0.2) is 265 Å². The molecule has 0 saturated carbocycles. The monoisotopic (exact) mass is 1950 g/mol. The van der Waals surface area contributed by atoms with Crippen LogP contribution >= 0.6 is 0 Å². The molecule has 4 fully saturated rings. The van der Waals surface area contributed by atoms with Gasteiger partial charge in [-0.2, -0.15) is 0 Å². The number of carbonyl (C=O) groups is 15. The van der Waals surface area contributed by atoms with E-state index >= 15 is 0 Å². The Kier molecular flexibility index (Phi) is 54.0. The van der Waals surface area contributed by atoms with E-state index in [0.717, 1.165) is 30.6 Å². The van der Waals surface area contributed by atoms with Crippen molar-refractivity contribution in [2.45, 2.75) is 364 Å².